The molecule has 0 aliphatic carbocycles. The normalized spacial score (nSPS) is 13.9. The molecule has 0 spiro atoms. The van der Waals surface area contributed by atoms with Crippen LogP contribution in [0.5, 0.6) is 5.75 Å². The number of nitrogens with zero attached hydrogens (tertiary/aromatic N) is 1. The van der Waals surface area contributed by atoms with Gasteiger partial charge in [-0.15, -0.1) is 0 Å². The lowest BCUT2D eigenvalue weighted by atomic mass is 10.2. The Hall–Kier alpha value is -2.76. The van der Waals surface area contributed by atoms with E-state index in [1.807, 2.05) is 35.2 Å². The molecule has 1 fully saturated rings. The monoisotopic (exact) mass is 342 g/mol. The van der Waals surface area contributed by atoms with Gasteiger partial charge in [0.2, 0.25) is 5.91 Å². The average Bonchev–Trinajstić information content (AvgIpc) is 3.26. The third-order valence-corrected chi connectivity index (χ3v) is 4.15. The second-order valence-electron chi connectivity index (χ2n) is 5.97. The third-order valence-electron chi connectivity index (χ3n) is 4.15. The first-order chi connectivity index (χ1) is 12.2. The number of rotatable bonds is 8. The van der Waals surface area contributed by atoms with E-state index in [4.69, 9.17) is 9.15 Å². The predicted octanol–water partition coefficient (Wildman–Crippen LogP) is 2.60. The number of furan rings is 1. The van der Waals surface area contributed by atoms with Crippen LogP contribution in [0, 0.1) is 0 Å². The van der Waals surface area contributed by atoms with Crippen LogP contribution < -0.4 is 10.1 Å². The molecule has 2 aromatic rings. The van der Waals surface area contributed by atoms with E-state index >= 15 is 0 Å². The summed E-state index contributed by atoms with van der Waals surface area (Å²) in [6, 6.07) is 11.2. The van der Waals surface area contributed by atoms with Gasteiger partial charge >= 0.3 is 0 Å². The molecule has 6 nitrogen and oxygen atoms in total. The fourth-order valence-corrected chi connectivity index (χ4v) is 2.82. The molecule has 0 radical (unpaired) electrons. The van der Waals surface area contributed by atoms with Crippen molar-refractivity contribution in [1.82, 2.24) is 10.2 Å². The highest BCUT2D eigenvalue weighted by molar-refractivity contribution is 5.92. The summed E-state index contributed by atoms with van der Waals surface area (Å²) < 4.78 is 11.0. The number of hydrogen-bond donors (Lipinski definition) is 1. The number of benzene rings is 1. The summed E-state index contributed by atoms with van der Waals surface area (Å²) in [6.45, 7) is 2.28. The summed E-state index contributed by atoms with van der Waals surface area (Å²) >= 11 is 0. The van der Waals surface area contributed by atoms with E-state index in [2.05, 4.69) is 5.32 Å². The molecule has 1 N–H and O–H groups in total. The first kappa shape index (κ1) is 17.1. The second kappa shape index (κ2) is 8.37. The number of amides is 2. The Balaban J connectivity index is 1.44. The minimum atomic E-state index is -0.260. The van der Waals surface area contributed by atoms with Gasteiger partial charge in [0.1, 0.15) is 12.4 Å². The molecule has 0 unspecified atom stereocenters. The molecule has 2 amide bonds. The van der Waals surface area contributed by atoms with Gasteiger partial charge in [-0.2, -0.15) is 0 Å². The molecule has 6 heteroatoms. The molecule has 1 aromatic heterocycles. The molecule has 1 saturated heterocycles. The van der Waals surface area contributed by atoms with Crippen molar-refractivity contribution in [2.24, 2.45) is 0 Å². The van der Waals surface area contributed by atoms with Crippen molar-refractivity contribution in [3.8, 4) is 5.75 Å². The fourth-order valence-electron chi connectivity index (χ4n) is 2.82. The molecule has 2 heterocycles. The highest BCUT2D eigenvalue weighted by Gasteiger charge is 2.19. The molecule has 132 valence electrons. The van der Waals surface area contributed by atoms with E-state index in [1.165, 1.54) is 6.26 Å². The Labute approximate surface area is 146 Å². The van der Waals surface area contributed by atoms with E-state index in [1.54, 1.807) is 6.07 Å². The van der Waals surface area contributed by atoms with Crippen molar-refractivity contribution in [3.05, 3.63) is 54.0 Å². The van der Waals surface area contributed by atoms with Gasteiger partial charge in [0.05, 0.1) is 6.26 Å². The summed E-state index contributed by atoms with van der Waals surface area (Å²) in [5, 5.41) is 2.84. The lowest BCUT2D eigenvalue weighted by Gasteiger charge is -2.15. The molecule has 0 saturated carbocycles. The molecule has 1 aliphatic heterocycles. The smallest absolute Gasteiger partial charge is 0.287 e. The minimum Gasteiger partial charge on any atom is -0.489 e. The van der Waals surface area contributed by atoms with Crippen molar-refractivity contribution in [2.45, 2.75) is 25.9 Å². The first-order valence-corrected chi connectivity index (χ1v) is 8.54. The van der Waals surface area contributed by atoms with Gasteiger partial charge in [0, 0.05) is 31.6 Å². The van der Waals surface area contributed by atoms with Gasteiger partial charge in [0.25, 0.3) is 5.91 Å². The Morgan fingerprint density at radius 2 is 2.08 bits per heavy atom. The van der Waals surface area contributed by atoms with E-state index in [9.17, 15) is 9.59 Å². The maximum atomic E-state index is 12.3. The number of hydrogen-bond acceptors (Lipinski definition) is 4. The summed E-state index contributed by atoms with van der Waals surface area (Å²) in [6.07, 6.45) is 3.79. The number of nitrogens with one attached hydrogen (secondary N) is 1. The molecule has 0 bridgehead atoms. The number of likely N-dealkylation sites (tertiary alicyclic amines) is 1. The highest BCUT2D eigenvalue weighted by Crippen LogP contribution is 2.16. The molecular weight excluding hydrogens is 320 g/mol. The van der Waals surface area contributed by atoms with Crippen molar-refractivity contribution in [2.75, 3.05) is 19.6 Å². The van der Waals surface area contributed by atoms with Crippen LogP contribution in [0.3, 0.4) is 0 Å². The number of para-hydroxylation sites is 1. The Morgan fingerprint density at radius 3 is 2.84 bits per heavy atom. The van der Waals surface area contributed by atoms with Crippen LogP contribution in [-0.2, 0) is 11.4 Å². The first-order valence-electron chi connectivity index (χ1n) is 8.54. The van der Waals surface area contributed by atoms with Crippen LogP contribution in [0.4, 0.5) is 0 Å². The van der Waals surface area contributed by atoms with Gasteiger partial charge in [-0.05, 0) is 31.0 Å². The quantitative estimate of drug-likeness (QED) is 0.749. The number of carbonyl (C=O) groups excluding carboxylic acids is 2. The molecule has 3 rings (SSSR count). The molecule has 1 aromatic carbocycles. The topological polar surface area (TPSA) is 71.8 Å². The standard InChI is InChI=1S/C19H22N2O4/c22-17-8-4-11-21(17)12-5-10-20-19(23)18-15(9-13-24-18)14-25-16-6-2-1-3-7-16/h1-3,6-7,9,13H,4-5,8,10-12,14H2,(H,20,23). The highest BCUT2D eigenvalue weighted by atomic mass is 16.5. The zero-order chi connectivity index (χ0) is 17.5. The van der Waals surface area contributed by atoms with Crippen LogP contribution in [0.25, 0.3) is 0 Å². The Kier molecular flexibility index (Phi) is 5.72. The van der Waals surface area contributed by atoms with Crippen molar-refractivity contribution in [1.29, 1.82) is 0 Å². The zero-order valence-corrected chi connectivity index (χ0v) is 14.1. The van der Waals surface area contributed by atoms with Crippen molar-refractivity contribution in [3.63, 3.8) is 0 Å². The maximum Gasteiger partial charge on any atom is 0.287 e. The maximum absolute atomic E-state index is 12.3. The van der Waals surface area contributed by atoms with Crippen molar-refractivity contribution >= 4 is 11.8 Å². The summed E-state index contributed by atoms with van der Waals surface area (Å²) in [4.78, 5) is 25.6. The van der Waals surface area contributed by atoms with E-state index in [0.717, 1.165) is 25.1 Å². The van der Waals surface area contributed by atoms with Gasteiger partial charge in [0.15, 0.2) is 5.76 Å². The number of ether oxygens (including phenoxy) is 1. The minimum absolute atomic E-state index is 0.206. The van der Waals surface area contributed by atoms with Crippen LogP contribution >= 0.6 is 0 Å². The largest absolute Gasteiger partial charge is 0.489 e. The second-order valence-corrected chi connectivity index (χ2v) is 5.97. The number of carbonyl (C=O) groups is 2. The van der Waals surface area contributed by atoms with Gasteiger partial charge < -0.3 is 19.4 Å². The Bertz CT molecular complexity index is 711. The van der Waals surface area contributed by atoms with Crippen LogP contribution in [0.2, 0.25) is 0 Å². The van der Waals surface area contributed by atoms with E-state index in [-0.39, 0.29) is 24.2 Å². The summed E-state index contributed by atoms with van der Waals surface area (Å²) in [5.41, 5.74) is 0.705. The van der Waals surface area contributed by atoms with E-state index in [0.29, 0.717) is 25.1 Å². The van der Waals surface area contributed by atoms with Crippen LogP contribution in [0.15, 0.2) is 47.1 Å². The lowest BCUT2D eigenvalue weighted by molar-refractivity contribution is -0.127. The molecule has 0 atom stereocenters. The molecule has 1 aliphatic rings. The Morgan fingerprint density at radius 1 is 1.24 bits per heavy atom. The van der Waals surface area contributed by atoms with Gasteiger partial charge in [-0.25, -0.2) is 0 Å². The SMILES string of the molecule is O=C(NCCCN1CCCC1=O)c1occc1COc1ccccc1. The molecular formula is C19H22N2O4. The van der Waals surface area contributed by atoms with Crippen LogP contribution in [-0.4, -0.2) is 36.3 Å². The van der Waals surface area contributed by atoms with E-state index < -0.39 is 0 Å². The molecule has 25 heavy (non-hydrogen) atoms. The summed E-state index contributed by atoms with van der Waals surface area (Å²) in [5.74, 6) is 0.959. The fraction of sp³-hybridized carbons (Fsp3) is 0.368. The lowest BCUT2D eigenvalue weighted by Crippen LogP contribution is -2.30. The zero-order valence-electron chi connectivity index (χ0n) is 14.1. The predicted molar refractivity (Wildman–Crippen MR) is 92.2 cm³/mol. The van der Waals surface area contributed by atoms with Crippen LogP contribution in [0.1, 0.15) is 35.4 Å². The average molecular weight is 342 g/mol. The van der Waals surface area contributed by atoms with Gasteiger partial charge in [-0.3, -0.25) is 9.59 Å². The summed E-state index contributed by atoms with van der Waals surface area (Å²) in [7, 11) is 0. The third kappa shape index (κ3) is 4.62. The van der Waals surface area contributed by atoms with Gasteiger partial charge in [-0.1, -0.05) is 18.2 Å². The van der Waals surface area contributed by atoms with Crippen molar-refractivity contribution < 1.29 is 18.7 Å².